The van der Waals surface area contributed by atoms with Crippen molar-refractivity contribution < 1.29 is 171 Å². The standard InChI is InChI=1S/C69H110O35/c1-27(2)13-16-41(93-30(5)73)68(10)57-35(92-29(4)72)21-67(9)32-14-15-39-65(6,7)40(18-19-66(39,8)31(32)17-20-69(57,67)64(85)102-68)97-63-56(44(78)38(26-90-63)96-58-47(81)52(33(74)24-88-58)99-61-49(83)54(103-86-11)42(76)36(22-70)94-61)101-60-46(80)45(79)51(28(3)91-60)98-59-48(82)53(34(75)25-89-59)100-62-50(84)55(104-87-12)43(77)37(23-71)95-62/h17,27-28,32-63,70-71,74-84H,13-16,18-26H2,1-12H3/t28-,32-,33-,34-,35+,36-,37-,38-,39+,40+,41?,42-,43-,44+,45-,46-,47-,48-,49-,50-,51-,52+,53+,54+,55+,56-,57-,58+,59+,60+,61+,62+,63+,66-,67+,68+,69-/m1/s1. The second-order valence-corrected chi connectivity index (χ2v) is 31.7. The van der Waals surface area contributed by atoms with Crippen LogP contribution in [0.25, 0.3) is 0 Å². The molecule has 0 aromatic rings. The maximum Gasteiger partial charge on any atom is 0.314 e. The molecule has 11 rings (SSSR count). The van der Waals surface area contributed by atoms with E-state index in [1.165, 1.54) is 26.3 Å². The van der Waals surface area contributed by atoms with Crippen molar-refractivity contribution in [2.45, 2.75) is 310 Å². The summed E-state index contributed by atoms with van der Waals surface area (Å²) >= 11 is 0. The first-order chi connectivity index (χ1) is 49.1. The highest BCUT2D eigenvalue weighted by Crippen LogP contribution is 2.77. The van der Waals surface area contributed by atoms with E-state index in [0.29, 0.717) is 44.9 Å². The minimum atomic E-state index is -2.04. The van der Waals surface area contributed by atoms with Gasteiger partial charge in [-0.05, 0) is 99.2 Å². The van der Waals surface area contributed by atoms with Gasteiger partial charge in [0.1, 0.15) is 122 Å². The number of hydrogen-bond acceptors (Lipinski definition) is 35. The van der Waals surface area contributed by atoms with E-state index in [1.54, 1.807) is 0 Å². The molecule has 1 unspecified atom stereocenters. The first-order valence-corrected chi connectivity index (χ1v) is 36.2. The average Bonchev–Trinajstić information content (AvgIpc) is 1.35. The Labute approximate surface area is 602 Å². The minimum Gasteiger partial charge on any atom is -0.462 e. The molecule has 11 aliphatic rings. The second-order valence-electron chi connectivity index (χ2n) is 31.7. The third kappa shape index (κ3) is 14.9. The lowest BCUT2D eigenvalue weighted by Gasteiger charge is -2.63. The number of carbonyl (C=O) groups excluding carboxylic acids is 3. The number of fused-ring (bicyclic) bond motifs is 4. The Morgan fingerprint density at radius 3 is 1.63 bits per heavy atom. The molecular weight excluding hydrogens is 1390 g/mol. The van der Waals surface area contributed by atoms with Gasteiger partial charge in [0.05, 0.1) is 70.8 Å². The van der Waals surface area contributed by atoms with Crippen molar-refractivity contribution in [3.8, 4) is 0 Å². The Balaban J connectivity index is 0.834. The maximum absolute atomic E-state index is 15.2. The SMILES string of the molecule is COO[C@@H]1[C@@H](O)[C@H](O[C@@H]2[C@@H](O)[C@H](O[C@H]3[C@H](O)[C@@H](O)[C@H](O[C@H]4[C@H](O[C@H]5CC[C@]6(C)C7=CC[C@]89C(=O)O[C@@](C)(C(CCC(C)C)OC(C)=O)[C@H]8[C@@H](OC(C)=O)C[C@@]9(C)[C@@H]7CC[C@H]6C5(C)C)OC[C@@H](O[C@@H]5OC[C@@H](O)[C@H](O[C@@H]6O[C@H](CO)[C@@H](O)[C@H](OOC)[C@H]6O)[C@H]5O)[C@@H]4O)O[C@@H]3C)OC[C@H]2O)O[C@H](CO)[C@H]1O. The zero-order valence-corrected chi connectivity index (χ0v) is 60.7. The van der Waals surface area contributed by atoms with Crippen LogP contribution in [-0.4, -0.2) is 321 Å². The van der Waals surface area contributed by atoms with E-state index in [4.69, 9.17) is 85.7 Å². The van der Waals surface area contributed by atoms with E-state index in [-0.39, 0.29) is 24.2 Å². The van der Waals surface area contributed by atoms with Crippen LogP contribution in [0.1, 0.15) is 121 Å². The Hall–Kier alpha value is -3.01. The summed E-state index contributed by atoms with van der Waals surface area (Å²) < 4.78 is 92.0. The molecule has 13 N–H and O–H groups in total. The lowest BCUT2D eigenvalue weighted by atomic mass is 9.41. The van der Waals surface area contributed by atoms with Crippen molar-refractivity contribution in [1.82, 2.24) is 0 Å². The number of aliphatic hydroxyl groups is 13. The first kappa shape index (κ1) is 82.0. The molecular formula is C69H110O35. The summed E-state index contributed by atoms with van der Waals surface area (Å²) in [7, 11) is 2.23. The zero-order valence-electron chi connectivity index (χ0n) is 60.7. The van der Waals surface area contributed by atoms with Gasteiger partial charge < -0.3 is 137 Å². The van der Waals surface area contributed by atoms with Crippen molar-refractivity contribution >= 4 is 17.9 Å². The van der Waals surface area contributed by atoms with Crippen LogP contribution >= 0.6 is 0 Å². The fourth-order valence-electron chi connectivity index (χ4n) is 19.4. The van der Waals surface area contributed by atoms with Gasteiger partial charge in [-0.25, -0.2) is 19.6 Å². The maximum atomic E-state index is 15.2. The van der Waals surface area contributed by atoms with Crippen molar-refractivity contribution in [3.63, 3.8) is 0 Å². The average molecular weight is 1500 g/mol. The topological polar surface area (TPSA) is 490 Å². The van der Waals surface area contributed by atoms with Crippen LogP contribution < -0.4 is 0 Å². The Morgan fingerprint density at radius 1 is 0.567 bits per heavy atom. The predicted octanol–water partition coefficient (Wildman–Crippen LogP) is -2.78. The highest BCUT2D eigenvalue weighted by molar-refractivity contribution is 5.84. The quantitative estimate of drug-likeness (QED) is 0.0116. The van der Waals surface area contributed by atoms with E-state index in [1.807, 2.05) is 6.92 Å². The molecule has 596 valence electrons. The van der Waals surface area contributed by atoms with Crippen molar-refractivity contribution in [3.05, 3.63) is 11.6 Å². The van der Waals surface area contributed by atoms with Gasteiger partial charge in [-0.3, -0.25) is 14.4 Å². The van der Waals surface area contributed by atoms with E-state index in [2.05, 4.69) is 52.5 Å². The molecule has 35 heteroatoms. The molecule has 3 saturated carbocycles. The van der Waals surface area contributed by atoms with Gasteiger partial charge in [0.2, 0.25) is 0 Å². The van der Waals surface area contributed by atoms with Crippen LogP contribution in [0.3, 0.4) is 0 Å². The summed E-state index contributed by atoms with van der Waals surface area (Å²) in [4.78, 5) is 60.5. The number of allylic oxidation sites excluding steroid dienone is 2. The normalized spacial score (nSPS) is 49.7. The van der Waals surface area contributed by atoms with Crippen molar-refractivity contribution in [2.75, 3.05) is 47.3 Å². The fraction of sp³-hybridized carbons (Fsp3) is 0.928. The molecule has 35 nitrogen and oxygen atoms in total. The lowest BCUT2D eigenvalue weighted by molar-refractivity contribution is -0.405. The molecule has 7 heterocycles. The highest BCUT2D eigenvalue weighted by Gasteiger charge is 2.81. The largest absolute Gasteiger partial charge is 0.462 e. The fourth-order valence-corrected chi connectivity index (χ4v) is 19.4. The van der Waals surface area contributed by atoms with E-state index in [9.17, 15) is 76.0 Å². The number of carbonyl (C=O) groups is 3. The summed E-state index contributed by atoms with van der Waals surface area (Å²) in [6, 6.07) is 0. The van der Waals surface area contributed by atoms with Gasteiger partial charge in [0.15, 0.2) is 55.5 Å². The Morgan fingerprint density at radius 2 is 1.10 bits per heavy atom. The number of aliphatic hydroxyl groups excluding tert-OH is 13. The van der Waals surface area contributed by atoms with E-state index < -0.39 is 268 Å². The van der Waals surface area contributed by atoms with Gasteiger partial charge in [-0.2, -0.15) is 0 Å². The molecule has 7 aliphatic heterocycles. The molecule has 104 heavy (non-hydrogen) atoms. The van der Waals surface area contributed by atoms with Crippen LogP contribution in [0.15, 0.2) is 11.6 Å². The van der Waals surface area contributed by atoms with Crippen molar-refractivity contribution in [1.29, 1.82) is 0 Å². The molecule has 0 amide bonds. The molecule has 0 radical (unpaired) electrons. The number of esters is 3. The zero-order chi connectivity index (χ0) is 75.8. The van der Waals surface area contributed by atoms with Gasteiger partial charge in [-0.1, -0.05) is 53.2 Å². The predicted molar refractivity (Wildman–Crippen MR) is 342 cm³/mol. The summed E-state index contributed by atoms with van der Waals surface area (Å²) in [6.45, 7) is 15.4. The summed E-state index contributed by atoms with van der Waals surface area (Å²) in [5.41, 5.74) is -3.33. The molecule has 0 bridgehead atoms. The van der Waals surface area contributed by atoms with E-state index >= 15 is 4.79 Å². The molecule has 0 aromatic carbocycles. The Bertz CT molecular complexity index is 2950. The van der Waals surface area contributed by atoms with E-state index in [0.717, 1.165) is 14.2 Å². The van der Waals surface area contributed by atoms with Gasteiger partial charge in [-0.15, -0.1) is 0 Å². The highest BCUT2D eigenvalue weighted by atomic mass is 17.2. The summed E-state index contributed by atoms with van der Waals surface area (Å²) in [5.74, 6) is -2.15. The number of ether oxygens (including phenoxy) is 15. The third-order valence-electron chi connectivity index (χ3n) is 24.6. The monoisotopic (exact) mass is 1500 g/mol. The smallest absolute Gasteiger partial charge is 0.314 e. The molecule has 10 fully saturated rings. The summed E-state index contributed by atoms with van der Waals surface area (Å²) in [6.07, 6.45) is -41.3. The lowest BCUT2D eigenvalue weighted by Crippen LogP contribution is -2.66. The van der Waals surface area contributed by atoms with Gasteiger partial charge in [0.25, 0.3) is 0 Å². The molecule has 4 aliphatic carbocycles. The number of cyclic esters (lactones) is 1. The molecule has 37 atom stereocenters. The Kier molecular flexibility index (Phi) is 25.5. The number of rotatable bonds is 24. The summed E-state index contributed by atoms with van der Waals surface area (Å²) in [5, 5.41) is 146. The first-order valence-electron chi connectivity index (χ1n) is 36.2. The third-order valence-corrected chi connectivity index (χ3v) is 24.6. The molecule has 1 spiro atoms. The van der Waals surface area contributed by atoms with Crippen LogP contribution in [0.4, 0.5) is 0 Å². The molecule has 0 aromatic heterocycles. The van der Waals surface area contributed by atoms with Crippen LogP contribution in [0.2, 0.25) is 0 Å². The minimum absolute atomic E-state index is 0.103. The van der Waals surface area contributed by atoms with Gasteiger partial charge >= 0.3 is 17.9 Å². The second kappa shape index (κ2) is 32.4. The van der Waals surface area contributed by atoms with Crippen LogP contribution in [-0.2, 0) is 105 Å². The van der Waals surface area contributed by atoms with Gasteiger partial charge in [0, 0.05) is 13.8 Å². The van der Waals surface area contributed by atoms with Crippen LogP contribution in [0.5, 0.6) is 0 Å². The van der Waals surface area contributed by atoms with Crippen LogP contribution in [0, 0.1) is 45.3 Å². The molecule has 7 saturated heterocycles. The van der Waals surface area contributed by atoms with Crippen molar-refractivity contribution in [2.24, 2.45) is 45.3 Å². The number of hydrogen-bond donors (Lipinski definition) is 13.